The van der Waals surface area contributed by atoms with Gasteiger partial charge >= 0.3 is 6.03 Å². The van der Waals surface area contributed by atoms with Crippen molar-refractivity contribution in [3.8, 4) is 0 Å². The fourth-order valence-corrected chi connectivity index (χ4v) is 4.86. The minimum Gasteiger partial charge on any atom is -0.333 e. The van der Waals surface area contributed by atoms with E-state index in [1.807, 2.05) is 32.9 Å². The van der Waals surface area contributed by atoms with Gasteiger partial charge in [0.1, 0.15) is 0 Å². The molecule has 1 saturated heterocycles. The summed E-state index contributed by atoms with van der Waals surface area (Å²) in [5.41, 5.74) is 2.12. The number of urea groups is 1. The summed E-state index contributed by atoms with van der Waals surface area (Å²) < 4.78 is 27.3. The maximum atomic E-state index is 12.9. The predicted molar refractivity (Wildman–Crippen MR) is 97.1 cm³/mol. The molecule has 1 aliphatic carbocycles. The minimum absolute atomic E-state index is 0.137. The number of hydrogen-bond acceptors (Lipinski definition) is 3. The Hall–Kier alpha value is -1.60. The van der Waals surface area contributed by atoms with Crippen LogP contribution >= 0.6 is 0 Å². The zero-order valence-corrected chi connectivity index (χ0v) is 16.0. The first kappa shape index (κ1) is 18.2. The van der Waals surface area contributed by atoms with E-state index in [1.54, 1.807) is 11.0 Å². The zero-order valence-electron chi connectivity index (χ0n) is 15.2. The van der Waals surface area contributed by atoms with Gasteiger partial charge in [-0.15, -0.1) is 0 Å². The van der Waals surface area contributed by atoms with Gasteiger partial charge < -0.3 is 10.2 Å². The van der Waals surface area contributed by atoms with Crippen molar-refractivity contribution in [2.45, 2.75) is 50.5 Å². The van der Waals surface area contributed by atoms with Crippen LogP contribution in [0.1, 0.15) is 38.3 Å². The van der Waals surface area contributed by atoms with Gasteiger partial charge in [-0.1, -0.05) is 6.07 Å². The molecular formula is C18H27N3O3S. The molecule has 0 atom stereocenters. The number of fused-ring (bicyclic) bond motifs is 1. The van der Waals surface area contributed by atoms with E-state index in [0.29, 0.717) is 31.1 Å². The summed E-state index contributed by atoms with van der Waals surface area (Å²) >= 11 is 0. The maximum Gasteiger partial charge on any atom is 0.317 e. The van der Waals surface area contributed by atoms with Crippen molar-refractivity contribution in [1.29, 1.82) is 0 Å². The lowest BCUT2D eigenvalue weighted by molar-refractivity contribution is 0.165. The van der Waals surface area contributed by atoms with Crippen LogP contribution in [-0.2, 0) is 22.9 Å². The number of aryl methyl sites for hydroxylation is 2. The molecule has 7 heteroatoms. The molecule has 25 heavy (non-hydrogen) atoms. The second kappa shape index (κ2) is 6.61. The first-order chi connectivity index (χ1) is 11.7. The maximum absolute atomic E-state index is 12.9. The molecule has 138 valence electrons. The second-order valence-corrected chi connectivity index (χ2v) is 9.79. The Bertz CT molecular complexity index is 760. The molecule has 0 aromatic heterocycles. The summed E-state index contributed by atoms with van der Waals surface area (Å²) in [6.07, 6.45) is 3.09. The van der Waals surface area contributed by atoms with E-state index < -0.39 is 10.0 Å². The quantitative estimate of drug-likeness (QED) is 0.871. The van der Waals surface area contributed by atoms with E-state index in [9.17, 15) is 13.2 Å². The van der Waals surface area contributed by atoms with Crippen molar-refractivity contribution in [1.82, 2.24) is 14.5 Å². The first-order valence-electron chi connectivity index (χ1n) is 8.86. The fraction of sp³-hybridized carbons (Fsp3) is 0.611. The lowest BCUT2D eigenvalue weighted by Gasteiger charge is -2.35. The van der Waals surface area contributed by atoms with Crippen molar-refractivity contribution in [2.75, 3.05) is 26.2 Å². The van der Waals surface area contributed by atoms with Crippen LogP contribution in [0.2, 0.25) is 0 Å². The van der Waals surface area contributed by atoms with Crippen LogP contribution in [0.4, 0.5) is 4.79 Å². The van der Waals surface area contributed by atoms with E-state index in [-0.39, 0.29) is 11.6 Å². The Morgan fingerprint density at radius 3 is 2.32 bits per heavy atom. The van der Waals surface area contributed by atoms with Crippen LogP contribution in [0.25, 0.3) is 0 Å². The van der Waals surface area contributed by atoms with Crippen molar-refractivity contribution in [3.05, 3.63) is 29.3 Å². The highest BCUT2D eigenvalue weighted by molar-refractivity contribution is 7.89. The second-order valence-electron chi connectivity index (χ2n) is 7.86. The summed E-state index contributed by atoms with van der Waals surface area (Å²) in [5, 5.41) is 2.92. The Balaban J connectivity index is 1.67. The minimum atomic E-state index is -3.49. The summed E-state index contributed by atoms with van der Waals surface area (Å²) in [4.78, 5) is 14.3. The molecule has 1 N–H and O–H groups in total. The molecule has 1 aromatic rings. The molecular weight excluding hydrogens is 338 g/mol. The molecule has 1 fully saturated rings. The van der Waals surface area contributed by atoms with Gasteiger partial charge in [-0.25, -0.2) is 13.2 Å². The van der Waals surface area contributed by atoms with Gasteiger partial charge in [0, 0.05) is 31.7 Å². The third-order valence-corrected chi connectivity index (χ3v) is 6.61. The van der Waals surface area contributed by atoms with Gasteiger partial charge in [-0.3, -0.25) is 0 Å². The highest BCUT2D eigenvalue weighted by Crippen LogP contribution is 2.26. The van der Waals surface area contributed by atoms with Crippen LogP contribution in [0, 0.1) is 0 Å². The molecule has 0 saturated carbocycles. The number of nitrogens with one attached hydrogen (secondary N) is 1. The molecule has 0 radical (unpaired) electrons. The summed E-state index contributed by atoms with van der Waals surface area (Å²) in [5.74, 6) is 0. The molecule has 0 spiro atoms. The lowest BCUT2D eigenvalue weighted by Crippen LogP contribution is -2.55. The van der Waals surface area contributed by atoms with Gasteiger partial charge in [-0.05, 0) is 63.3 Å². The van der Waals surface area contributed by atoms with Crippen LogP contribution < -0.4 is 5.32 Å². The van der Waals surface area contributed by atoms with E-state index in [1.165, 1.54) is 9.87 Å². The van der Waals surface area contributed by atoms with Crippen LogP contribution in [0.3, 0.4) is 0 Å². The number of carbonyl (C=O) groups excluding carboxylic acids is 1. The standard InChI is InChI=1S/C18H27N3O3S/c1-18(2,3)19-17(22)20-9-11-21(12-10-20)25(23,24)16-8-7-14-5-4-6-15(14)13-16/h7-8,13H,4-6,9-12H2,1-3H3,(H,19,22). The largest absolute Gasteiger partial charge is 0.333 e. The predicted octanol–water partition coefficient (Wildman–Crippen LogP) is 1.99. The Labute approximate surface area is 150 Å². The molecule has 0 unspecified atom stereocenters. The van der Waals surface area contributed by atoms with Crippen molar-refractivity contribution >= 4 is 16.1 Å². The molecule has 1 heterocycles. The molecule has 3 rings (SSSR count). The third-order valence-electron chi connectivity index (χ3n) is 4.72. The normalized spacial score (nSPS) is 18.9. The number of rotatable bonds is 2. The summed E-state index contributed by atoms with van der Waals surface area (Å²) in [6, 6.07) is 5.36. The van der Waals surface area contributed by atoms with Gasteiger partial charge in [0.05, 0.1) is 4.90 Å². The Morgan fingerprint density at radius 2 is 1.68 bits per heavy atom. The number of benzene rings is 1. The van der Waals surface area contributed by atoms with Crippen LogP contribution in [-0.4, -0.2) is 55.4 Å². The average molecular weight is 365 g/mol. The van der Waals surface area contributed by atoms with Crippen molar-refractivity contribution < 1.29 is 13.2 Å². The molecule has 1 aromatic carbocycles. The van der Waals surface area contributed by atoms with E-state index in [0.717, 1.165) is 24.8 Å². The van der Waals surface area contributed by atoms with E-state index in [4.69, 9.17) is 0 Å². The number of amides is 2. The summed E-state index contributed by atoms with van der Waals surface area (Å²) in [7, 11) is -3.49. The molecule has 2 aliphatic rings. The number of hydrogen-bond donors (Lipinski definition) is 1. The van der Waals surface area contributed by atoms with Crippen LogP contribution in [0.5, 0.6) is 0 Å². The van der Waals surface area contributed by atoms with E-state index >= 15 is 0 Å². The molecule has 2 amide bonds. The SMILES string of the molecule is CC(C)(C)NC(=O)N1CCN(S(=O)(=O)c2ccc3c(c2)CCC3)CC1. The highest BCUT2D eigenvalue weighted by Gasteiger charge is 2.31. The van der Waals surface area contributed by atoms with Gasteiger partial charge in [0.15, 0.2) is 0 Å². The number of sulfonamides is 1. The van der Waals surface area contributed by atoms with Crippen LogP contribution in [0.15, 0.2) is 23.1 Å². The third kappa shape index (κ3) is 3.98. The van der Waals surface area contributed by atoms with Gasteiger partial charge in [-0.2, -0.15) is 4.31 Å². The monoisotopic (exact) mass is 365 g/mol. The van der Waals surface area contributed by atoms with Gasteiger partial charge in [0.25, 0.3) is 0 Å². The highest BCUT2D eigenvalue weighted by atomic mass is 32.2. The average Bonchev–Trinajstić information content (AvgIpc) is 3.01. The Morgan fingerprint density at radius 1 is 1.04 bits per heavy atom. The molecule has 1 aliphatic heterocycles. The van der Waals surface area contributed by atoms with Crippen molar-refractivity contribution in [3.63, 3.8) is 0 Å². The molecule has 0 bridgehead atoms. The van der Waals surface area contributed by atoms with E-state index in [2.05, 4.69) is 5.32 Å². The topological polar surface area (TPSA) is 69.7 Å². The van der Waals surface area contributed by atoms with Gasteiger partial charge in [0.2, 0.25) is 10.0 Å². The number of nitrogens with zero attached hydrogens (tertiary/aromatic N) is 2. The number of carbonyl (C=O) groups is 1. The fourth-order valence-electron chi connectivity index (χ4n) is 3.39. The summed E-state index contributed by atoms with van der Waals surface area (Å²) in [6.45, 7) is 7.27. The Kier molecular flexibility index (Phi) is 4.81. The lowest BCUT2D eigenvalue weighted by atomic mass is 10.1. The van der Waals surface area contributed by atoms with Crippen molar-refractivity contribution in [2.24, 2.45) is 0 Å². The zero-order chi connectivity index (χ0) is 18.2. The molecule has 6 nitrogen and oxygen atoms in total. The number of piperazine rings is 1. The first-order valence-corrected chi connectivity index (χ1v) is 10.3. The smallest absolute Gasteiger partial charge is 0.317 e.